The third-order valence-electron chi connectivity index (χ3n) is 4.78. The van der Waals surface area contributed by atoms with Crippen molar-refractivity contribution in [3.05, 3.63) is 59.4 Å². The molecule has 24 heavy (non-hydrogen) atoms. The Bertz CT molecular complexity index is 733. The van der Waals surface area contributed by atoms with Crippen LogP contribution in [0.2, 0.25) is 0 Å². The molecule has 2 aromatic rings. The molecule has 0 aliphatic heterocycles. The minimum absolute atomic E-state index is 0.0335. The average molecular weight is 325 g/mol. The SMILES string of the molecule is CCN(Cc1ccncc1)C(=O)C1(N)CCc2c(OC)cccc21. The number of carbonyl (C=O) groups is 1. The van der Waals surface area contributed by atoms with Gasteiger partial charge in [0.1, 0.15) is 11.3 Å². The fraction of sp³-hybridized carbons (Fsp3) is 0.368. The molecular weight excluding hydrogens is 302 g/mol. The van der Waals surface area contributed by atoms with Crippen molar-refractivity contribution in [2.75, 3.05) is 13.7 Å². The second-order valence-corrected chi connectivity index (χ2v) is 6.13. The molecule has 1 heterocycles. The van der Waals surface area contributed by atoms with E-state index in [2.05, 4.69) is 4.98 Å². The molecule has 1 amide bonds. The zero-order valence-corrected chi connectivity index (χ0v) is 14.2. The van der Waals surface area contributed by atoms with Crippen molar-refractivity contribution in [1.29, 1.82) is 0 Å². The summed E-state index contributed by atoms with van der Waals surface area (Å²) >= 11 is 0. The van der Waals surface area contributed by atoms with Gasteiger partial charge in [0.2, 0.25) is 5.91 Å². The molecule has 1 aromatic heterocycles. The summed E-state index contributed by atoms with van der Waals surface area (Å²) in [6.45, 7) is 3.12. The van der Waals surface area contributed by atoms with Gasteiger partial charge in [0.25, 0.3) is 0 Å². The van der Waals surface area contributed by atoms with Crippen LogP contribution in [0.4, 0.5) is 0 Å². The number of nitrogens with zero attached hydrogens (tertiary/aromatic N) is 2. The third-order valence-corrected chi connectivity index (χ3v) is 4.78. The normalized spacial score (nSPS) is 19.0. The van der Waals surface area contributed by atoms with Gasteiger partial charge in [-0.05, 0) is 54.7 Å². The van der Waals surface area contributed by atoms with Crippen LogP contribution in [0.1, 0.15) is 30.0 Å². The number of amides is 1. The molecule has 126 valence electrons. The molecule has 1 aliphatic carbocycles. The average Bonchev–Trinajstić information content (AvgIpc) is 2.98. The molecule has 0 spiro atoms. The molecule has 5 heteroatoms. The number of aromatic nitrogens is 1. The number of fused-ring (bicyclic) bond motifs is 1. The van der Waals surface area contributed by atoms with Crippen molar-refractivity contribution < 1.29 is 9.53 Å². The van der Waals surface area contributed by atoms with Crippen molar-refractivity contribution in [2.45, 2.75) is 31.8 Å². The molecule has 1 aliphatic rings. The van der Waals surface area contributed by atoms with Gasteiger partial charge in [-0.1, -0.05) is 12.1 Å². The van der Waals surface area contributed by atoms with Crippen LogP contribution in [0.5, 0.6) is 5.75 Å². The van der Waals surface area contributed by atoms with Crippen LogP contribution < -0.4 is 10.5 Å². The lowest BCUT2D eigenvalue weighted by atomic mass is 9.91. The van der Waals surface area contributed by atoms with Crippen LogP contribution in [0.25, 0.3) is 0 Å². The molecule has 1 aromatic carbocycles. The Labute approximate surface area is 142 Å². The summed E-state index contributed by atoms with van der Waals surface area (Å²) in [5, 5.41) is 0. The molecule has 5 nitrogen and oxygen atoms in total. The predicted octanol–water partition coefficient (Wildman–Crippen LogP) is 2.24. The van der Waals surface area contributed by atoms with Crippen LogP contribution in [-0.2, 0) is 23.3 Å². The van der Waals surface area contributed by atoms with Crippen LogP contribution in [-0.4, -0.2) is 29.4 Å². The molecule has 0 saturated carbocycles. The highest BCUT2D eigenvalue weighted by atomic mass is 16.5. The fourth-order valence-corrected chi connectivity index (χ4v) is 3.43. The highest BCUT2D eigenvalue weighted by Gasteiger charge is 2.44. The summed E-state index contributed by atoms with van der Waals surface area (Å²) in [4.78, 5) is 19.0. The van der Waals surface area contributed by atoms with Crippen molar-refractivity contribution in [1.82, 2.24) is 9.88 Å². The predicted molar refractivity (Wildman–Crippen MR) is 92.5 cm³/mol. The maximum atomic E-state index is 13.2. The lowest BCUT2D eigenvalue weighted by Crippen LogP contribution is -2.51. The Morgan fingerprint density at radius 1 is 1.33 bits per heavy atom. The second kappa shape index (κ2) is 6.61. The van der Waals surface area contributed by atoms with Gasteiger partial charge < -0.3 is 15.4 Å². The summed E-state index contributed by atoms with van der Waals surface area (Å²) in [5.74, 6) is 0.777. The number of hydrogen-bond acceptors (Lipinski definition) is 4. The molecule has 1 atom stereocenters. The van der Waals surface area contributed by atoms with Gasteiger partial charge in [-0.2, -0.15) is 0 Å². The number of hydrogen-bond donors (Lipinski definition) is 1. The van der Waals surface area contributed by atoms with E-state index >= 15 is 0 Å². The van der Waals surface area contributed by atoms with Crippen molar-refractivity contribution in [3.8, 4) is 5.75 Å². The monoisotopic (exact) mass is 325 g/mol. The van der Waals surface area contributed by atoms with E-state index in [9.17, 15) is 4.79 Å². The number of methoxy groups -OCH3 is 1. The van der Waals surface area contributed by atoms with Gasteiger partial charge in [-0.15, -0.1) is 0 Å². The van der Waals surface area contributed by atoms with Crippen LogP contribution in [0.3, 0.4) is 0 Å². The van der Waals surface area contributed by atoms with Crippen LogP contribution >= 0.6 is 0 Å². The van der Waals surface area contributed by atoms with Gasteiger partial charge in [0.15, 0.2) is 0 Å². The quantitative estimate of drug-likeness (QED) is 0.915. The summed E-state index contributed by atoms with van der Waals surface area (Å²) < 4.78 is 5.43. The van der Waals surface area contributed by atoms with E-state index in [1.165, 1.54) is 0 Å². The van der Waals surface area contributed by atoms with E-state index in [-0.39, 0.29) is 5.91 Å². The minimum atomic E-state index is -0.979. The number of rotatable bonds is 5. The Balaban J connectivity index is 1.90. The molecular formula is C19H23N3O2. The third kappa shape index (κ3) is 2.76. The lowest BCUT2D eigenvalue weighted by Gasteiger charge is -2.32. The van der Waals surface area contributed by atoms with E-state index < -0.39 is 5.54 Å². The number of nitrogens with two attached hydrogens (primary N) is 1. The Kier molecular flexibility index (Phi) is 4.53. The first kappa shape index (κ1) is 16.5. The molecule has 0 bridgehead atoms. The summed E-state index contributed by atoms with van der Waals surface area (Å²) in [6, 6.07) is 9.61. The van der Waals surface area contributed by atoms with Gasteiger partial charge in [0, 0.05) is 25.5 Å². The Morgan fingerprint density at radius 2 is 2.08 bits per heavy atom. The maximum absolute atomic E-state index is 13.2. The highest BCUT2D eigenvalue weighted by molar-refractivity contribution is 5.89. The first-order chi connectivity index (χ1) is 11.6. The highest BCUT2D eigenvalue weighted by Crippen LogP contribution is 2.40. The largest absolute Gasteiger partial charge is 0.496 e. The second-order valence-electron chi connectivity index (χ2n) is 6.13. The van der Waals surface area contributed by atoms with E-state index in [0.717, 1.165) is 28.9 Å². The standard InChI is InChI=1S/C19H23N3O2/c1-3-22(13-14-8-11-21-12-9-14)18(23)19(20)10-7-15-16(19)5-4-6-17(15)24-2/h4-6,8-9,11-12H,3,7,10,13,20H2,1-2H3. The van der Waals surface area contributed by atoms with E-state index in [1.807, 2.05) is 42.2 Å². The molecule has 0 saturated heterocycles. The minimum Gasteiger partial charge on any atom is -0.496 e. The lowest BCUT2D eigenvalue weighted by molar-refractivity contribution is -0.137. The summed E-state index contributed by atoms with van der Waals surface area (Å²) in [6.07, 6.45) is 4.84. The fourth-order valence-electron chi connectivity index (χ4n) is 3.43. The smallest absolute Gasteiger partial charge is 0.247 e. The molecule has 0 fully saturated rings. The van der Waals surface area contributed by atoms with E-state index in [1.54, 1.807) is 19.5 Å². The zero-order chi connectivity index (χ0) is 17.2. The topological polar surface area (TPSA) is 68.5 Å². The maximum Gasteiger partial charge on any atom is 0.247 e. The first-order valence-corrected chi connectivity index (χ1v) is 8.23. The number of pyridine rings is 1. The number of benzene rings is 1. The van der Waals surface area contributed by atoms with Crippen molar-refractivity contribution >= 4 is 5.91 Å². The molecule has 3 rings (SSSR count). The molecule has 2 N–H and O–H groups in total. The summed E-state index contributed by atoms with van der Waals surface area (Å²) in [7, 11) is 1.65. The van der Waals surface area contributed by atoms with Crippen LogP contribution in [0, 0.1) is 0 Å². The number of ether oxygens (including phenoxy) is 1. The summed E-state index contributed by atoms with van der Waals surface area (Å²) in [5.41, 5.74) is 8.62. The molecule has 1 unspecified atom stereocenters. The first-order valence-electron chi connectivity index (χ1n) is 8.23. The van der Waals surface area contributed by atoms with Gasteiger partial charge in [-0.25, -0.2) is 0 Å². The Morgan fingerprint density at radius 3 is 2.75 bits per heavy atom. The van der Waals surface area contributed by atoms with Crippen molar-refractivity contribution in [2.24, 2.45) is 5.73 Å². The van der Waals surface area contributed by atoms with Crippen LogP contribution in [0.15, 0.2) is 42.7 Å². The Hall–Kier alpha value is -2.40. The van der Waals surface area contributed by atoms with E-state index in [0.29, 0.717) is 19.5 Å². The number of carbonyl (C=O) groups excluding carboxylic acids is 1. The van der Waals surface area contributed by atoms with Gasteiger partial charge in [0.05, 0.1) is 7.11 Å². The zero-order valence-electron chi connectivity index (χ0n) is 14.2. The van der Waals surface area contributed by atoms with Gasteiger partial charge >= 0.3 is 0 Å². The van der Waals surface area contributed by atoms with Gasteiger partial charge in [-0.3, -0.25) is 9.78 Å². The van der Waals surface area contributed by atoms with Crippen molar-refractivity contribution in [3.63, 3.8) is 0 Å². The molecule has 0 radical (unpaired) electrons. The number of likely N-dealkylation sites (N-methyl/N-ethyl adjacent to an activating group) is 1. The van der Waals surface area contributed by atoms with E-state index in [4.69, 9.17) is 10.5 Å².